The smallest absolute Gasteiger partial charge is 0 e. The number of hydrogen-bond donors (Lipinski definition) is 0. The molecule has 0 saturated heterocycles. The molecule has 2 rings (SSSR count). The number of hydrogen-bond acceptors (Lipinski definition) is 4. The Balaban J connectivity index is 0.000000284. The quantitative estimate of drug-likeness (QED) is 0.606. The molecule has 0 spiro atoms. The van der Waals surface area contributed by atoms with E-state index in [9.17, 15) is 20.4 Å². The average Bonchev–Trinajstić information content (AvgIpc) is 2.28. The van der Waals surface area contributed by atoms with Crippen molar-refractivity contribution in [3.05, 3.63) is 48.5 Å². The molecule has 0 aliphatic carbocycles. The molecule has 0 atom stereocenters. The van der Waals surface area contributed by atoms with Crippen molar-refractivity contribution < 1.29 is 41.5 Å². The van der Waals surface area contributed by atoms with Gasteiger partial charge in [-0.05, 0) is 0 Å². The molecule has 0 saturated carbocycles. The second kappa shape index (κ2) is 7.58. The first-order valence-corrected chi connectivity index (χ1v) is 4.47. The van der Waals surface area contributed by atoms with Gasteiger partial charge in [-0.25, -0.2) is 0 Å². The maximum Gasteiger partial charge on any atom is 0 e. The third-order valence-corrected chi connectivity index (χ3v) is 1.70. The minimum Gasteiger partial charge on any atom is -0.873 e. The predicted octanol–water partition coefficient (Wildman–Crippen LogP) is -0.335. The molecular formula is C12H8O4W-4. The van der Waals surface area contributed by atoms with Crippen LogP contribution in [0.25, 0.3) is 0 Å². The van der Waals surface area contributed by atoms with E-state index in [-0.39, 0.29) is 21.1 Å². The molecule has 0 radical (unpaired) electrons. The molecule has 0 heterocycles. The molecule has 0 aliphatic heterocycles. The van der Waals surface area contributed by atoms with Gasteiger partial charge in [0.15, 0.2) is 0 Å². The monoisotopic (exact) mass is 400 g/mol. The second-order valence-corrected chi connectivity index (χ2v) is 2.89. The molecule has 17 heavy (non-hydrogen) atoms. The van der Waals surface area contributed by atoms with Gasteiger partial charge in [-0.3, -0.25) is 0 Å². The number of benzene rings is 2. The van der Waals surface area contributed by atoms with Gasteiger partial charge in [0.05, 0.1) is 0 Å². The zero-order chi connectivity index (χ0) is 12.0. The van der Waals surface area contributed by atoms with Gasteiger partial charge in [-0.15, -0.1) is 23.0 Å². The van der Waals surface area contributed by atoms with Crippen molar-refractivity contribution in [2.45, 2.75) is 0 Å². The van der Waals surface area contributed by atoms with Gasteiger partial charge in [0.2, 0.25) is 0 Å². The largest absolute Gasteiger partial charge is 0.873 e. The normalized spacial score (nSPS) is 8.47. The van der Waals surface area contributed by atoms with Gasteiger partial charge < -0.3 is 20.4 Å². The molecule has 0 aromatic heterocycles. The van der Waals surface area contributed by atoms with Crippen molar-refractivity contribution >= 4 is 0 Å². The fraction of sp³-hybridized carbons (Fsp3) is 0. The van der Waals surface area contributed by atoms with E-state index in [1.54, 1.807) is 24.3 Å². The van der Waals surface area contributed by atoms with E-state index in [1.807, 2.05) is 0 Å². The average molecular weight is 400 g/mol. The third-order valence-electron chi connectivity index (χ3n) is 1.70. The van der Waals surface area contributed by atoms with E-state index in [1.165, 1.54) is 24.3 Å². The Morgan fingerprint density at radius 3 is 0.765 bits per heavy atom. The third kappa shape index (κ3) is 5.27. The van der Waals surface area contributed by atoms with Crippen LogP contribution in [-0.2, 0) is 21.1 Å². The number of rotatable bonds is 0. The van der Waals surface area contributed by atoms with Gasteiger partial charge in [-0.1, -0.05) is 48.5 Å². The van der Waals surface area contributed by atoms with Gasteiger partial charge >= 0.3 is 0 Å². The van der Waals surface area contributed by atoms with Gasteiger partial charge in [0.1, 0.15) is 0 Å². The van der Waals surface area contributed by atoms with Crippen LogP contribution in [0.15, 0.2) is 48.5 Å². The molecular weight excluding hydrogens is 392 g/mol. The van der Waals surface area contributed by atoms with Crippen LogP contribution in [0.4, 0.5) is 0 Å². The number of para-hydroxylation sites is 4. The zero-order valence-electron chi connectivity index (χ0n) is 8.66. The fourth-order valence-corrected chi connectivity index (χ4v) is 0.900. The summed E-state index contributed by atoms with van der Waals surface area (Å²) >= 11 is 0. The molecule has 0 N–H and O–H groups in total. The van der Waals surface area contributed by atoms with E-state index >= 15 is 0 Å². The molecule has 0 amide bonds. The summed E-state index contributed by atoms with van der Waals surface area (Å²) < 4.78 is 0. The summed E-state index contributed by atoms with van der Waals surface area (Å²) in [6.07, 6.45) is 0. The van der Waals surface area contributed by atoms with Crippen molar-refractivity contribution in [2.24, 2.45) is 0 Å². The van der Waals surface area contributed by atoms with Gasteiger partial charge in [0.25, 0.3) is 0 Å². The summed E-state index contributed by atoms with van der Waals surface area (Å²) in [5.74, 6) is -1.75. The van der Waals surface area contributed by atoms with Gasteiger partial charge in [0, 0.05) is 21.1 Å². The Labute approximate surface area is 113 Å². The first-order valence-electron chi connectivity index (χ1n) is 4.47. The molecule has 5 heteroatoms. The molecule has 2 aromatic rings. The molecule has 0 aliphatic rings. The molecule has 0 bridgehead atoms. The molecule has 2 aromatic carbocycles. The predicted molar refractivity (Wildman–Crippen MR) is 50.7 cm³/mol. The van der Waals surface area contributed by atoms with Crippen LogP contribution in [0.5, 0.6) is 23.0 Å². The maximum atomic E-state index is 10.3. The molecule has 4 nitrogen and oxygen atoms in total. The zero-order valence-corrected chi connectivity index (χ0v) is 11.6. The minimum absolute atomic E-state index is 0. The Morgan fingerprint density at radius 1 is 0.471 bits per heavy atom. The fourth-order valence-electron chi connectivity index (χ4n) is 0.900. The van der Waals surface area contributed by atoms with Crippen LogP contribution in [0, 0.1) is 0 Å². The Hall–Kier alpha value is -1.67. The van der Waals surface area contributed by atoms with Crippen LogP contribution in [0.1, 0.15) is 0 Å². The van der Waals surface area contributed by atoms with Crippen LogP contribution in [0.2, 0.25) is 0 Å². The molecule has 0 fully saturated rings. The SMILES string of the molecule is [O-]c1ccccc1[O-].[O-]c1ccccc1[O-].[W]. The van der Waals surface area contributed by atoms with Crippen LogP contribution in [-0.4, -0.2) is 0 Å². The maximum absolute atomic E-state index is 10.3. The van der Waals surface area contributed by atoms with Gasteiger partial charge in [-0.2, -0.15) is 0 Å². The Kier molecular flexibility index (Phi) is 6.83. The summed E-state index contributed by atoms with van der Waals surface area (Å²) in [4.78, 5) is 0. The van der Waals surface area contributed by atoms with Crippen molar-refractivity contribution in [3.63, 3.8) is 0 Å². The summed E-state index contributed by atoms with van der Waals surface area (Å²) in [6, 6.07) is 11.2. The summed E-state index contributed by atoms with van der Waals surface area (Å²) in [5, 5.41) is 41.2. The van der Waals surface area contributed by atoms with E-state index < -0.39 is 23.0 Å². The van der Waals surface area contributed by atoms with E-state index in [0.29, 0.717) is 0 Å². The first kappa shape index (κ1) is 15.3. The summed E-state index contributed by atoms with van der Waals surface area (Å²) in [6.45, 7) is 0. The van der Waals surface area contributed by atoms with E-state index in [2.05, 4.69) is 0 Å². The molecule has 90 valence electrons. The first-order chi connectivity index (χ1) is 7.61. The van der Waals surface area contributed by atoms with E-state index in [4.69, 9.17) is 0 Å². The minimum atomic E-state index is -0.437. The standard InChI is InChI=1S/2C6H6O2.W/c2*7-5-3-1-2-4-6(5)8;/h2*1-4,7-8H;/p-4. The Morgan fingerprint density at radius 2 is 0.647 bits per heavy atom. The van der Waals surface area contributed by atoms with Crippen molar-refractivity contribution in [1.29, 1.82) is 0 Å². The van der Waals surface area contributed by atoms with Crippen molar-refractivity contribution in [2.75, 3.05) is 0 Å². The summed E-state index contributed by atoms with van der Waals surface area (Å²) in [7, 11) is 0. The summed E-state index contributed by atoms with van der Waals surface area (Å²) in [5.41, 5.74) is 0. The van der Waals surface area contributed by atoms with Crippen LogP contribution >= 0.6 is 0 Å². The van der Waals surface area contributed by atoms with Crippen molar-refractivity contribution in [3.8, 4) is 23.0 Å². The Bertz CT molecular complexity index is 374. The second-order valence-electron chi connectivity index (χ2n) is 2.89. The van der Waals surface area contributed by atoms with Crippen molar-refractivity contribution in [1.82, 2.24) is 0 Å². The van der Waals surface area contributed by atoms with Crippen LogP contribution < -0.4 is 20.4 Å². The van der Waals surface area contributed by atoms with Crippen LogP contribution in [0.3, 0.4) is 0 Å². The van der Waals surface area contributed by atoms with E-state index in [0.717, 1.165) is 0 Å². The topological polar surface area (TPSA) is 92.2 Å². The molecule has 0 unspecified atom stereocenters.